The number of aliphatic imine (C=N–C) groups is 2. The molecular formula is C18H19ClF5N6O+. The van der Waals surface area contributed by atoms with Gasteiger partial charge in [0, 0.05) is 12.1 Å². The van der Waals surface area contributed by atoms with E-state index in [1.807, 2.05) is 0 Å². The first-order valence-corrected chi connectivity index (χ1v) is 9.61. The lowest BCUT2D eigenvalue weighted by molar-refractivity contribution is -0.509. The lowest BCUT2D eigenvalue weighted by Gasteiger charge is -2.27. The highest BCUT2D eigenvalue weighted by molar-refractivity contribution is 6.33. The highest BCUT2D eigenvalue weighted by atomic mass is 35.5. The number of guanidine groups is 1. The van der Waals surface area contributed by atoms with Gasteiger partial charge in [0.15, 0.2) is 6.17 Å². The molecule has 31 heavy (non-hydrogen) atoms. The van der Waals surface area contributed by atoms with Gasteiger partial charge in [-0.05, 0) is 38.5 Å². The largest absolute Gasteiger partial charge is 0.493 e. The van der Waals surface area contributed by atoms with E-state index in [9.17, 15) is 22.0 Å². The van der Waals surface area contributed by atoms with Crippen LogP contribution in [0.1, 0.15) is 18.9 Å². The van der Waals surface area contributed by atoms with Gasteiger partial charge in [0.25, 0.3) is 0 Å². The van der Waals surface area contributed by atoms with Crippen LogP contribution < -0.4 is 15.4 Å². The quantitative estimate of drug-likeness (QED) is 0.267. The number of benzene rings is 1. The Morgan fingerprint density at radius 1 is 1.26 bits per heavy atom. The summed E-state index contributed by atoms with van der Waals surface area (Å²) in [5, 5.41) is 8.59. The predicted octanol–water partition coefficient (Wildman–Crippen LogP) is 3.60. The summed E-state index contributed by atoms with van der Waals surface area (Å²) in [5.74, 6) is -2.30. The number of hydrogen-bond donors (Lipinski definition) is 2. The van der Waals surface area contributed by atoms with E-state index >= 15 is 0 Å². The minimum atomic E-state index is -4.63. The summed E-state index contributed by atoms with van der Waals surface area (Å²) in [5.41, 5.74) is -0.975. The lowest BCUT2D eigenvalue weighted by atomic mass is 10.0. The van der Waals surface area contributed by atoms with Crippen molar-refractivity contribution in [2.45, 2.75) is 31.7 Å². The van der Waals surface area contributed by atoms with Gasteiger partial charge in [-0.15, -0.1) is 4.70 Å². The van der Waals surface area contributed by atoms with Crippen molar-refractivity contribution in [3.05, 3.63) is 34.5 Å². The first kappa shape index (κ1) is 23.2. The van der Waals surface area contributed by atoms with E-state index in [1.165, 1.54) is 0 Å². The Balaban J connectivity index is 1.99. The summed E-state index contributed by atoms with van der Waals surface area (Å²) in [6.07, 6.45) is -4.44. The molecule has 168 valence electrons. The van der Waals surface area contributed by atoms with Gasteiger partial charge in [-0.3, -0.25) is 5.32 Å². The van der Waals surface area contributed by atoms with Gasteiger partial charge in [0.05, 0.1) is 17.7 Å². The van der Waals surface area contributed by atoms with Crippen LogP contribution in [0.2, 0.25) is 0 Å². The number of fused-ring (bicyclic) bond motifs is 1. The van der Waals surface area contributed by atoms with E-state index in [4.69, 9.17) is 16.3 Å². The van der Waals surface area contributed by atoms with Crippen molar-refractivity contribution in [3.8, 4) is 5.75 Å². The molecule has 7 nitrogen and oxygen atoms in total. The number of halogens is 6. The number of ether oxygens (including phenoxy) is 1. The molecule has 0 amide bonds. The van der Waals surface area contributed by atoms with E-state index in [-0.39, 0.29) is 23.9 Å². The van der Waals surface area contributed by atoms with Gasteiger partial charge in [0.2, 0.25) is 11.5 Å². The molecule has 2 N–H and O–H groups in total. The first-order valence-electron chi connectivity index (χ1n) is 9.24. The van der Waals surface area contributed by atoms with Crippen molar-refractivity contribution in [3.63, 3.8) is 0 Å². The smallest absolute Gasteiger partial charge is 0.457 e. The fourth-order valence-corrected chi connectivity index (χ4v) is 3.22. The van der Waals surface area contributed by atoms with E-state index in [0.717, 1.165) is 30.1 Å². The molecule has 0 bridgehead atoms. The van der Waals surface area contributed by atoms with Crippen LogP contribution in [-0.2, 0) is 0 Å². The average Bonchev–Trinajstić information content (AvgIpc) is 3.14. The van der Waals surface area contributed by atoms with E-state index in [2.05, 4.69) is 25.7 Å². The number of alkyl halides is 3. The Bertz CT molecular complexity index is 952. The number of rotatable bonds is 8. The summed E-state index contributed by atoms with van der Waals surface area (Å²) < 4.78 is 75.7. The number of hydrogen-bond acceptors (Lipinski definition) is 6. The Morgan fingerprint density at radius 2 is 1.94 bits per heavy atom. The number of nitrogens with one attached hydrogen (secondary N) is 2. The highest BCUT2D eigenvalue weighted by Gasteiger charge is 2.46. The van der Waals surface area contributed by atoms with Crippen LogP contribution in [0.4, 0.5) is 22.0 Å². The van der Waals surface area contributed by atoms with Crippen LogP contribution in [-0.4, -0.2) is 55.6 Å². The molecule has 1 aromatic carbocycles. The summed E-state index contributed by atoms with van der Waals surface area (Å²) in [6.45, 7) is 1.73. The molecule has 0 aliphatic carbocycles. The zero-order valence-corrected chi connectivity index (χ0v) is 17.2. The van der Waals surface area contributed by atoms with E-state index < -0.39 is 40.7 Å². The molecule has 2 heterocycles. The number of azo groups is 2. The van der Waals surface area contributed by atoms with Gasteiger partial charge < -0.3 is 10.1 Å². The molecule has 0 saturated carbocycles. The predicted molar refractivity (Wildman–Crippen MR) is 104 cm³/mol. The molecule has 0 spiro atoms. The second-order valence-electron chi connectivity index (χ2n) is 6.72. The Labute approximate surface area is 179 Å². The van der Waals surface area contributed by atoms with E-state index in [0.29, 0.717) is 13.0 Å². The van der Waals surface area contributed by atoms with Crippen LogP contribution in [0.25, 0.3) is 5.57 Å². The topological polar surface area (TPSA) is 73.4 Å². The summed E-state index contributed by atoms with van der Waals surface area (Å²) in [7, 11) is 1.76. The third kappa shape index (κ3) is 5.08. The van der Waals surface area contributed by atoms with E-state index in [1.54, 1.807) is 7.05 Å². The molecule has 13 heteroatoms. The molecular weight excluding hydrogens is 447 g/mol. The molecule has 1 unspecified atom stereocenters. The Morgan fingerprint density at radius 3 is 2.55 bits per heavy atom. The molecule has 2 aliphatic rings. The normalized spacial score (nSPS) is 19.3. The molecule has 0 saturated heterocycles. The molecule has 0 aromatic heterocycles. The maximum atomic E-state index is 14.9. The van der Waals surface area contributed by atoms with Crippen molar-refractivity contribution in [1.29, 1.82) is 0 Å². The molecule has 2 aliphatic heterocycles. The fourth-order valence-electron chi connectivity index (χ4n) is 2.94. The van der Waals surface area contributed by atoms with Crippen LogP contribution in [0.3, 0.4) is 0 Å². The molecule has 3 rings (SSSR count). The van der Waals surface area contributed by atoms with Crippen molar-refractivity contribution in [1.82, 2.24) is 10.6 Å². The highest BCUT2D eigenvalue weighted by Crippen LogP contribution is 2.36. The van der Waals surface area contributed by atoms with Crippen LogP contribution in [0.5, 0.6) is 5.75 Å². The van der Waals surface area contributed by atoms with Crippen molar-refractivity contribution >= 4 is 29.5 Å². The minimum Gasteiger partial charge on any atom is -0.493 e. The summed E-state index contributed by atoms with van der Waals surface area (Å²) in [6, 6.07) is -0.167. The zero-order valence-electron chi connectivity index (χ0n) is 16.5. The maximum Gasteiger partial charge on any atom is 0.457 e. The second kappa shape index (κ2) is 9.37. The monoisotopic (exact) mass is 465 g/mol. The second-order valence-corrected chi connectivity index (χ2v) is 7.08. The minimum absolute atomic E-state index is 0.0612. The third-order valence-corrected chi connectivity index (χ3v) is 4.80. The Kier molecular flexibility index (Phi) is 7.02. The SMILES string of the molecule is CNCCCOc1cc(F)c(C2=C(Cl)N=C3N=CN=[N+]3C2N[C@@H](C)C(F)(F)F)c(F)c1. The van der Waals surface area contributed by atoms with Crippen molar-refractivity contribution in [2.75, 3.05) is 20.2 Å². The molecule has 1 aromatic rings. The van der Waals surface area contributed by atoms with Gasteiger partial charge in [-0.2, -0.15) is 13.2 Å². The maximum absolute atomic E-state index is 14.9. The van der Waals surface area contributed by atoms with Crippen LogP contribution in [0.15, 0.2) is 32.4 Å². The summed E-state index contributed by atoms with van der Waals surface area (Å²) in [4.78, 5) is 7.70. The van der Waals surface area contributed by atoms with Gasteiger partial charge in [0.1, 0.15) is 23.4 Å². The fraction of sp³-hybridized carbons (Fsp3) is 0.444. The molecule has 2 atom stereocenters. The van der Waals surface area contributed by atoms with Crippen LogP contribution in [0, 0.1) is 11.6 Å². The third-order valence-electron chi connectivity index (χ3n) is 4.52. The molecule has 0 fully saturated rings. The lowest BCUT2D eigenvalue weighted by Crippen LogP contribution is -2.52. The first-order chi connectivity index (χ1) is 14.6. The van der Waals surface area contributed by atoms with Crippen molar-refractivity contribution < 1.29 is 31.4 Å². The standard InChI is InChI=1S/C18H19ClF5N6O/c1-9(18(22,23)24)28-16-14(15(19)29-17-26-8-27-30(16)17)13-11(20)6-10(7-12(13)21)31-5-3-4-25-2/h6-9,16,25,28H,3-5H2,1-2H3/q+1/t9-,16?/m0/s1. The van der Waals surface area contributed by atoms with Gasteiger partial charge in [-0.1, -0.05) is 15.1 Å². The van der Waals surface area contributed by atoms with Crippen molar-refractivity contribution in [2.24, 2.45) is 15.1 Å². The zero-order chi connectivity index (χ0) is 22.8. The Hall–Kier alpha value is -2.44. The molecule has 0 radical (unpaired) electrons. The summed E-state index contributed by atoms with van der Waals surface area (Å²) >= 11 is 6.14. The van der Waals surface area contributed by atoms with Gasteiger partial charge >= 0.3 is 12.1 Å². The number of nitrogens with zero attached hydrogens (tertiary/aromatic N) is 4. The average molecular weight is 466 g/mol. The van der Waals surface area contributed by atoms with Gasteiger partial charge in [-0.25, -0.2) is 8.78 Å². The van der Waals surface area contributed by atoms with Crippen LogP contribution >= 0.6 is 11.6 Å².